The first-order chi connectivity index (χ1) is 8.86. The van der Waals surface area contributed by atoms with Gasteiger partial charge in [0.1, 0.15) is 5.92 Å². The van der Waals surface area contributed by atoms with Crippen LogP contribution < -0.4 is 0 Å². The van der Waals surface area contributed by atoms with Crippen LogP contribution in [0.2, 0.25) is 0 Å². The van der Waals surface area contributed by atoms with Crippen molar-refractivity contribution < 1.29 is 14.7 Å². The van der Waals surface area contributed by atoms with Gasteiger partial charge >= 0.3 is 5.97 Å². The van der Waals surface area contributed by atoms with Crippen LogP contribution in [0, 0.1) is 19.8 Å². The van der Waals surface area contributed by atoms with Gasteiger partial charge in [-0.3, -0.25) is 9.59 Å². The Hall–Kier alpha value is -1.84. The number of carbonyl (C=O) groups is 2. The molecule has 4 nitrogen and oxygen atoms in total. The Morgan fingerprint density at radius 1 is 1.32 bits per heavy atom. The SMILES string of the molecule is CCC(C(=O)O)C(=O)N(C)Cc1ccc(C)cc1C. The summed E-state index contributed by atoms with van der Waals surface area (Å²) in [6, 6.07) is 6.04. The first-order valence-electron chi connectivity index (χ1n) is 6.40. The molecule has 0 spiro atoms. The minimum Gasteiger partial charge on any atom is -0.481 e. The summed E-state index contributed by atoms with van der Waals surface area (Å²) in [5, 5.41) is 9.00. The van der Waals surface area contributed by atoms with Gasteiger partial charge in [-0.15, -0.1) is 0 Å². The molecule has 0 saturated carbocycles. The van der Waals surface area contributed by atoms with Crippen LogP contribution in [0.4, 0.5) is 0 Å². The van der Waals surface area contributed by atoms with Gasteiger partial charge in [0, 0.05) is 13.6 Å². The lowest BCUT2D eigenvalue weighted by Crippen LogP contribution is -2.36. The average Bonchev–Trinajstić information content (AvgIpc) is 2.32. The smallest absolute Gasteiger partial charge is 0.316 e. The van der Waals surface area contributed by atoms with Crippen LogP contribution >= 0.6 is 0 Å². The highest BCUT2D eigenvalue weighted by atomic mass is 16.4. The summed E-state index contributed by atoms with van der Waals surface area (Å²) in [5.41, 5.74) is 3.33. The standard InChI is InChI=1S/C15H21NO3/c1-5-13(15(18)19)14(17)16(4)9-12-7-6-10(2)8-11(12)3/h6-8,13H,5,9H2,1-4H3,(H,18,19). The fourth-order valence-electron chi connectivity index (χ4n) is 2.08. The number of aryl methyl sites for hydroxylation is 2. The molecule has 1 rings (SSSR count). The van der Waals surface area contributed by atoms with E-state index in [1.54, 1.807) is 14.0 Å². The van der Waals surface area contributed by atoms with E-state index in [0.717, 1.165) is 11.1 Å². The lowest BCUT2D eigenvalue weighted by Gasteiger charge is -2.21. The molecule has 0 saturated heterocycles. The number of carboxylic acids is 1. The van der Waals surface area contributed by atoms with Crippen molar-refractivity contribution in [2.24, 2.45) is 5.92 Å². The second-order valence-corrected chi connectivity index (χ2v) is 4.92. The van der Waals surface area contributed by atoms with Crippen LogP contribution in [0.5, 0.6) is 0 Å². The summed E-state index contributed by atoms with van der Waals surface area (Å²) in [6.45, 7) is 6.16. The molecule has 0 fully saturated rings. The van der Waals surface area contributed by atoms with Gasteiger partial charge in [-0.05, 0) is 31.4 Å². The molecule has 1 N–H and O–H groups in total. The minimum atomic E-state index is -1.06. The third-order valence-electron chi connectivity index (χ3n) is 3.29. The van der Waals surface area contributed by atoms with Crippen molar-refractivity contribution in [2.45, 2.75) is 33.7 Å². The highest BCUT2D eigenvalue weighted by molar-refractivity contribution is 5.96. The van der Waals surface area contributed by atoms with Gasteiger partial charge in [0.05, 0.1) is 0 Å². The van der Waals surface area contributed by atoms with Crippen molar-refractivity contribution in [3.8, 4) is 0 Å². The fraction of sp³-hybridized carbons (Fsp3) is 0.467. The second kappa shape index (κ2) is 6.36. The molecule has 0 bridgehead atoms. The number of carboxylic acid groups (broad SMARTS) is 1. The number of rotatable bonds is 5. The van der Waals surface area contributed by atoms with E-state index in [1.165, 1.54) is 10.5 Å². The zero-order valence-electron chi connectivity index (χ0n) is 11.9. The van der Waals surface area contributed by atoms with E-state index >= 15 is 0 Å². The molecule has 19 heavy (non-hydrogen) atoms. The summed E-state index contributed by atoms with van der Waals surface area (Å²) in [6.07, 6.45) is 0.311. The minimum absolute atomic E-state index is 0.311. The van der Waals surface area contributed by atoms with Gasteiger partial charge in [-0.2, -0.15) is 0 Å². The predicted molar refractivity (Wildman–Crippen MR) is 73.8 cm³/mol. The number of hydrogen-bond donors (Lipinski definition) is 1. The molecule has 104 valence electrons. The van der Waals surface area contributed by atoms with E-state index in [4.69, 9.17) is 5.11 Å². The number of hydrogen-bond acceptors (Lipinski definition) is 2. The van der Waals surface area contributed by atoms with E-state index in [1.807, 2.05) is 26.0 Å². The number of nitrogens with zero attached hydrogens (tertiary/aromatic N) is 1. The Morgan fingerprint density at radius 2 is 1.95 bits per heavy atom. The predicted octanol–water partition coefficient (Wildman–Crippen LogP) is 2.37. The van der Waals surface area contributed by atoms with Crippen molar-refractivity contribution in [1.29, 1.82) is 0 Å². The van der Waals surface area contributed by atoms with Gasteiger partial charge in [-0.1, -0.05) is 30.7 Å². The number of aliphatic carboxylic acids is 1. The van der Waals surface area contributed by atoms with Gasteiger partial charge in [0.2, 0.25) is 5.91 Å². The molecule has 1 aromatic carbocycles. The van der Waals surface area contributed by atoms with E-state index in [2.05, 4.69) is 6.07 Å². The van der Waals surface area contributed by atoms with Crippen LogP contribution in [0.3, 0.4) is 0 Å². The van der Waals surface area contributed by atoms with Crippen LogP contribution in [0.1, 0.15) is 30.0 Å². The van der Waals surface area contributed by atoms with Crippen LogP contribution in [-0.4, -0.2) is 28.9 Å². The van der Waals surface area contributed by atoms with Crippen molar-refractivity contribution in [1.82, 2.24) is 4.90 Å². The van der Waals surface area contributed by atoms with Crippen LogP contribution in [-0.2, 0) is 16.1 Å². The summed E-state index contributed by atoms with van der Waals surface area (Å²) >= 11 is 0. The Morgan fingerprint density at radius 3 is 2.42 bits per heavy atom. The number of amides is 1. The molecule has 0 aliphatic rings. The Bertz CT molecular complexity index is 482. The number of carbonyl (C=O) groups excluding carboxylic acids is 1. The zero-order valence-corrected chi connectivity index (χ0v) is 11.9. The molecular weight excluding hydrogens is 242 g/mol. The summed E-state index contributed by atoms with van der Waals surface area (Å²) in [7, 11) is 1.65. The van der Waals surface area contributed by atoms with E-state index in [-0.39, 0.29) is 5.91 Å². The average molecular weight is 263 g/mol. The third kappa shape index (κ3) is 3.81. The normalized spacial score (nSPS) is 12.0. The lowest BCUT2D eigenvalue weighted by molar-refractivity contribution is -0.150. The van der Waals surface area contributed by atoms with Crippen LogP contribution in [0.25, 0.3) is 0 Å². The maximum atomic E-state index is 12.0. The largest absolute Gasteiger partial charge is 0.481 e. The first-order valence-corrected chi connectivity index (χ1v) is 6.40. The van der Waals surface area contributed by atoms with Gasteiger partial charge in [-0.25, -0.2) is 0 Å². The summed E-state index contributed by atoms with van der Waals surface area (Å²) in [5.74, 6) is -2.34. The summed E-state index contributed by atoms with van der Waals surface area (Å²) < 4.78 is 0. The highest BCUT2D eigenvalue weighted by Gasteiger charge is 2.27. The van der Waals surface area contributed by atoms with E-state index < -0.39 is 11.9 Å². The highest BCUT2D eigenvalue weighted by Crippen LogP contribution is 2.15. The van der Waals surface area contributed by atoms with Crippen LogP contribution in [0.15, 0.2) is 18.2 Å². The molecule has 0 aromatic heterocycles. The Balaban J connectivity index is 2.81. The molecule has 0 aliphatic carbocycles. The van der Waals surface area contributed by atoms with Crippen molar-refractivity contribution in [3.63, 3.8) is 0 Å². The maximum Gasteiger partial charge on any atom is 0.316 e. The molecular formula is C15H21NO3. The molecule has 0 heterocycles. The molecule has 1 atom stereocenters. The number of benzene rings is 1. The third-order valence-corrected chi connectivity index (χ3v) is 3.29. The quantitative estimate of drug-likeness (QED) is 0.830. The van der Waals surface area contributed by atoms with Gasteiger partial charge < -0.3 is 10.0 Å². The Labute approximate surface area is 114 Å². The molecule has 0 radical (unpaired) electrons. The topological polar surface area (TPSA) is 57.6 Å². The fourth-order valence-corrected chi connectivity index (χ4v) is 2.08. The summed E-state index contributed by atoms with van der Waals surface area (Å²) in [4.78, 5) is 24.5. The molecule has 1 aromatic rings. The van der Waals surface area contributed by atoms with E-state index in [0.29, 0.717) is 13.0 Å². The van der Waals surface area contributed by atoms with Crippen molar-refractivity contribution in [3.05, 3.63) is 34.9 Å². The molecule has 1 amide bonds. The maximum absolute atomic E-state index is 12.0. The second-order valence-electron chi connectivity index (χ2n) is 4.92. The molecule has 0 aliphatic heterocycles. The Kier molecular flexibility index (Phi) is 5.10. The van der Waals surface area contributed by atoms with Crippen molar-refractivity contribution >= 4 is 11.9 Å². The lowest BCUT2D eigenvalue weighted by atomic mass is 10.0. The van der Waals surface area contributed by atoms with Gasteiger partial charge in [0.15, 0.2) is 0 Å². The van der Waals surface area contributed by atoms with Gasteiger partial charge in [0.25, 0.3) is 0 Å². The molecule has 4 heteroatoms. The van der Waals surface area contributed by atoms with Crippen molar-refractivity contribution in [2.75, 3.05) is 7.05 Å². The zero-order chi connectivity index (χ0) is 14.6. The monoisotopic (exact) mass is 263 g/mol. The molecule has 1 unspecified atom stereocenters. The first kappa shape index (κ1) is 15.2. The van der Waals surface area contributed by atoms with E-state index in [9.17, 15) is 9.59 Å².